The Bertz CT molecular complexity index is 654. The number of nitrogen functional groups attached to an aromatic ring is 1. The van der Waals surface area contributed by atoms with E-state index in [0.717, 1.165) is 31.7 Å². The van der Waals surface area contributed by atoms with Crippen LogP contribution in [0.3, 0.4) is 0 Å². The lowest BCUT2D eigenvalue weighted by Crippen LogP contribution is -2.41. The number of carbonyl (C=O) groups is 2. The van der Waals surface area contributed by atoms with E-state index in [4.69, 9.17) is 10.5 Å². The van der Waals surface area contributed by atoms with Crippen LogP contribution in [0.2, 0.25) is 0 Å². The summed E-state index contributed by atoms with van der Waals surface area (Å²) in [7, 11) is 0. The molecule has 8 nitrogen and oxygen atoms in total. The number of anilines is 1. The maximum atomic E-state index is 12.2. The van der Waals surface area contributed by atoms with Crippen molar-refractivity contribution in [2.75, 3.05) is 5.73 Å². The average molecular weight is 349 g/mol. The number of rotatable bonds is 5. The number of nitrogens with one attached hydrogen (secondary N) is 1. The minimum Gasteiger partial charge on any atom is -0.449 e. The highest BCUT2D eigenvalue weighted by Gasteiger charge is 2.24. The van der Waals surface area contributed by atoms with Gasteiger partial charge in [-0.1, -0.05) is 25.7 Å². The maximum Gasteiger partial charge on any atom is 0.341 e. The van der Waals surface area contributed by atoms with Crippen LogP contribution in [-0.2, 0) is 9.53 Å². The summed E-state index contributed by atoms with van der Waals surface area (Å²) >= 11 is 0. The highest BCUT2D eigenvalue weighted by molar-refractivity contribution is 5.97. The summed E-state index contributed by atoms with van der Waals surface area (Å²) in [5.41, 5.74) is 5.40. The van der Waals surface area contributed by atoms with Crippen LogP contribution in [0.25, 0.3) is 0 Å². The standard InChI is InChI=1S/C17H23N3O5/c1-11(16(21)19-12-6-4-2-3-5-7-12)25-17(22)14-9-8-13(20(23)24)10-15(14)18/h8-12H,2-7,18H2,1H3,(H,19,21)/t11-/m1/s1. The van der Waals surface area contributed by atoms with Crippen molar-refractivity contribution in [1.29, 1.82) is 0 Å². The molecule has 2 rings (SSSR count). The Morgan fingerprint density at radius 2 is 1.92 bits per heavy atom. The number of nitrogens with two attached hydrogens (primary N) is 1. The molecule has 0 saturated heterocycles. The Kier molecular flexibility index (Phi) is 6.32. The molecule has 0 heterocycles. The van der Waals surface area contributed by atoms with Crippen LogP contribution in [-0.4, -0.2) is 28.9 Å². The fourth-order valence-electron chi connectivity index (χ4n) is 2.87. The zero-order chi connectivity index (χ0) is 18.4. The molecule has 1 aliphatic carbocycles. The predicted molar refractivity (Wildman–Crippen MR) is 92.0 cm³/mol. The van der Waals surface area contributed by atoms with Gasteiger partial charge < -0.3 is 15.8 Å². The van der Waals surface area contributed by atoms with E-state index in [1.54, 1.807) is 0 Å². The number of nitro groups is 1. The Morgan fingerprint density at radius 3 is 2.48 bits per heavy atom. The predicted octanol–water partition coefficient (Wildman–Crippen LogP) is 2.56. The molecule has 136 valence electrons. The van der Waals surface area contributed by atoms with Gasteiger partial charge in [0.15, 0.2) is 6.10 Å². The molecule has 1 aromatic carbocycles. The van der Waals surface area contributed by atoms with Crippen LogP contribution in [0.5, 0.6) is 0 Å². The molecule has 1 amide bonds. The molecule has 1 atom stereocenters. The summed E-state index contributed by atoms with van der Waals surface area (Å²) in [6.45, 7) is 1.49. The number of ether oxygens (including phenoxy) is 1. The van der Waals surface area contributed by atoms with Crippen LogP contribution in [0.15, 0.2) is 18.2 Å². The van der Waals surface area contributed by atoms with Gasteiger partial charge in [-0.15, -0.1) is 0 Å². The van der Waals surface area contributed by atoms with Gasteiger partial charge in [0, 0.05) is 18.2 Å². The van der Waals surface area contributed by atoms with E-state index < -0.39 is 17.0 Å². The number of hydrogen-bond acceptors (Lipinski definition) is 6. The van der Waals surface area contributed by atoms with Gasteiger partial charge in [-0.25, -0.2) is 4.79 Å². The third kappa shape index (κ3) is 5.17. The zero-order valence-electron chi connectivity index (χ0n) is 14.2. The number of nitrogens with zero attached hydrogens (tertiary/aromatic N) is 1. The van der Waals surface area contributed by atoms with Crippen LogP contribution < -0.4 is 11.1 Å². The summed E-state index contributed by atoms with van der Waals surface area (Å²) in [6, 6.07) is 3.60. The van der Waals surface area contributed by atoms with Crippen LogP contribution >= 0.6 is 0 Å². The second-order valence-electron chi connectivity index (χ2n) is 6.27. The summed E-state index contributed by atoms with van der Waals surface area (Å²) in [5.74, 6) is -1.13. The molecule has 0 bridgehead atoms. The van der Waals surface area contributed by atoms with E-state index in [0.29, 0.717) is 0 Å². The Morgan fingerprint density at radius 1 is 1.28 bits per heavy atom. The lowest BCUT2D eigenvalue weighted by atomic mass is 10.1. The summed E-state index contributed by atoms with van der Waals surface area (Å²) in [4.78, 5) is 34.5. The van der Waals surface area contributed by atoms with Crippen molar-refractivity contribution in [2.24, 2.45) is 0 Å². The SMILES string of the molecule is C[C@@H](OC(=O)c1ccc([N+](=O)[O-])cc1N)C(=O)NC1CCCCCC1. The first kappa shape index (κ1) is 18.7. The van der Waals surface area contributed by atoms with Gasteiger partial charge in [0.25, 0.3) is 11.6 Å². The zero-order valence-corrected chi connectivity index (χ0v) is 14.2. The van der Waals surface area contributed by atoms with Gasteiger partial charge in [-0.05, 0) is 25.8 Å². The lowest BCUT2D eigenvalue weighted by molar-refractivity contribution is -0.384. The molecular formula is C17H23N3O5. The molecular weight excluding hydrogens is 326 g/mol. The van der Waals surface area contributed by atoms with Crippen molar-refractivity contribution in [1.82, 2.24) is 5.32 Å². The number of amides is 1. The van der Waals surface area contributed by atoms with Gasteiger partial charge in [-0.3, -0.25) is 14.9 Å². The molecule has 1 fully saturated rings. The first-order valence-electron chi connectivity index (χ1n) is 8.43. The monoisotopic (exact) mass is 349 g/mol. The summed E-state index contributed by atoms with van der Waals surface area (Å²) < 4.78 is 5.15. The van der Waals surface area contributed by atoms with Gasteiger partial charge in [0.05, 0.1) is 16.2 Å². The number of esters is 1. The van der Waals surface area contributed by atoms with E-state index in [1.165, 1.54) is 31.9 Å². The van der Waals surface area contributed by atoms with Gasteiger partial charge >= 0.3 is 5.97 Å². The van der Waals surface area contributed by atoms with E-state index >= 15 is 0 Å². The number of carbonyl (C=O) groups excluding carboxylic acids is 2. The quantitative estimate of drug-likeness (QED) is 0.277. The van der Waals surface area contributed by atoms with Crippen LogP contribution in [0.1, 0.15) is 55.8 Å². The maximum absolute atomic E-state index is 12.2. The van der Waals surface area contributed by atoms with Crippen molar-refractivity contribution in [3.63, 3.8) is 0 Å². The molecule has 0 unspecified atom stereocenters. The molecule has 1 aliphatic rings. The Balaban J connectivity index is 1.94. The first-order valence-corrected chi connectivity index (χ1v) is 8.43. The molecule has 0 aromatic heterocycles. The third-order valence-electron chi connectivity index (χ3n) is 4.32. The average Bonchev–Trinajstić information content (AvgIpc) is 2.83. The van der Waals surface area contributed by atoms with Crippen molar-refractivity contribution < 1.29 is 19.2 Å². The summed E-state index contributed by atoms with van der Waals surface area (Å²) in [5, 5.41) is 13.6. The van der Waals surface area contributed by atoms with Crippen molar-refractivity contribution >= 4 is 23.3 Å². The molecule has 1 aromatic rings. The van der Waals surface area contributed by atoms with E-state index in [9.17, 15) is 19.7 Å². The second kappa shape index (κ2) is 8.46. The minimum absolute atomic E-state index is 0.000263. The Labute approximate surface area is 145 Å². The molecule has 0 radical (unpaired) electrons. The molecule has 8 heteroatoms. The van der Waals surface area contributed by atoms with Crippen molar-refractivity contribution in [3.8, 4) is 0 Å². The van der Waals surface area contributed by atoms with Crippen molar-refractivity contribution in [2.45, 2.75) is 57.6 Å². The number of hydrogen-bond donors (Lipinski definition) is 2. The lowest BCUT2D eigenvalue weighted by Gasteiger charge is -2.19. The summed E-state index contributed by atoms with van der Waals surface area (Å²) in [6.07, 6.45) is 5.41. The normalized spacial score (nSPS) is 16.5. The van der Waals surface area contributed by atoms with Crippen molar-refractivity contribution in [3.05, 3.63) is 33.9 Å². The third-order valence-corrected chi connectivity index (χ3v) is 4.32. The number of benzene rings is 1. The highest BCUT2D eigenvalue weighted by Crippen LogP contribution is 2.21. The fourth-order valence-corrected chi connectivity index (χ4v) is 2.87. The van der Waals surface area contributed by atoms with E-state index in [1.807, 2.05) is 0 Å². The van der Waals surface area contributed by atoms with Crippen LogP contribution in [0.4, 0.5) is 11.4 Å². The highest BCUT2D eigenvalue weighted by atomic mass is 16.6. The van der Waals surface area contributed by atoms with E-state index in [-0.39, 0.29) is 28.9 Å². The first-order chi connectivity index (χ1) is 11.9. The molecule has 1 saturated carbocycles. The largest absolute Gasteiger partial charge is 0.449 e. The number of non-ortho nitro benzene ring substituents is 1. The molecule has 0 spiro atoms. The molecule has 3 N–H and O–H groups in total. The van der Waals surface area contributed by atoms with Gasteiger partial charge in [-0.2, -0.15) is 0 Å². The van der Waals surface area contributed by atoms with Crippen LogP contribution in [0, 0.1) is 10.1 Å². The minimum atomic E-state index is -0.967. The molecule has 0 aliphatic heterocycles. The second-order valence-corrected chi connectivity index (χ2v) is 6.27. The van der Waals surface area contributed by atoms with Gasteiger partial charge in [0.2, 0.25) is 0 Å². The number of nitro benzene ring substituents is 1. The fraction of sp³-hybridized carbons (Fsp3) is 0.529. The van der Waals surface area contributed by atoms with E-state index in [2.05, 4.69) is 5.32 Å². The topological polar surface area (TPSA) is 125 Å². The Hall–Kier alpha value is -2.64. The smallest absolute Gasteiger partial charge is 0.341 e. The van der Waals surface area contributed by atoms with Gasteiger partial charge in [0.1, 0.15) is 0 Å². The molecule has 25 heavy (non-hydrogen) atoms.